The standard InChI is InChI=1S/C22H24N2O4/c25-22(23-13-16-7-9-26-10-8-16)21-12-20(28-24-21)15-27-14-17-5-6-18-3-1-2-4-19(18)11-17/h1-6,11-12,16H,7-10,13-15H2,(H,23,25). The summed E-state index contributed by atoms with van der Waals surface area (Å²) in [7, 11) is 0. The molecule has 1 N–H and O–H groups in total. The van der Waals surface area contributed by atoms with Crippen LogP contribution < -0.4 is 5.32 Å². The van der Waals surface area contributed by atoms with Gasteiger partial charge in [0.2, 0.25) is 0 Å². The maximum absolute atomic E-state index is 12.2. The first-order chi connectivity index (χ1) is 13.8. The van der Waals surface area contributed by atoms with Gasteiger partial charge >= 0.3 is 0 Å². The van der Waals surface area contributed by atoms with E-state index in [0.717, 1.165) is 31.6 Å². The van der Waals surface area contributed by atoms with Gasteiger partial charge in [-0.15, -0.1) is 0 Å². The fourth-order valence-corrected chi connectivity index (χ4v) is 3.36. The summed E-state index contributed by atoms with van der Waals surface area (Å²) in [6.07, 6.45) is 1.96. The number of amides is 1. The first-order valence-corrected chi connectivity index (χ1v) is 9.65. The monoisotopic (exact) mass is 380 g/mol. The number of nitrogens with one attached hydrogen (secondary N) is 1. The highest BCUT2D eigenvalue weighted by atomic mass is 16.5. The van der Waals surface area contributed by atoms with Crippen LogP contribution in [0.2, 0.25) is 0 Å². The van der Waals surface area contributed by atoms with Crippen molar-refractivity contribution in [3.63, 3.8) is 0 Å². The summed E-state index contributed by atoms with van der Waals surface area (Å²) in [5.74, 6) is 0.794. The van der Waals surface area contributed by atoms with Gasteiger partial charge in [-0.25, -0.2) is 0 Å². The van der Waals surface area contributed by atoms with Crippen LogP contribution in [-0.2, 0) is 22.7 Å². The SMILES string of the molecule is O=C(NCC1CCOCC1)c1cc(COCc2ccc3ccccc3c2)on1. The number of rotatable bonds is 7. The van der Waals surface area contributed by atoms with Crippen molar-refractivity contribution >= 4 is 16.7 Å². The van der Waals surface area contributed by atoms with Crippen LogP contribution in [0.4, 0.5) is 0 Å². The van der Waals surface area contributed by atoms with Crippen LogP contribution in [0, 0.1) is 5.92 Å². The van der Waals surface area contributed by atoms with Crippen LogP contribution in [0.5, 0.6) is 0 Å². The molecule has 0 atom stereocenters. The van der Waals surface area contributed by atoms with Gasteiger partial charge in [0, 0.05) is 25.8 Å². The molecule has 1 aromatic heterocycles. The Morgan fingerprint density at radius 2 is 1.89 bits per heavy atom. The molecule has 0 radical (unpaired) electrons. The van der Waals surface area contributed by atoms with Gasteiger partial charge in [0.05, 0.1) is 6.61 Å². The van der Waals surface area contributed by atoms with Gasteiger partial charge in [0.25, 0.3) is 5.91 Å². The van der Waals surface area contributed by atoms with Gasteiger partial charge in [-0.1, -0.05) is 41.6 Å². The second-order valence-electron chi connectivity index (χ2n) is 7.12. The fourth-order valence-electron chi connectivity index (χ4n) is 3.36. The number of fused-ring (bicyclic) bond motifs is 1. The lowest BCUT2D eigenvalue weighted by Gasteiger charge is -2.21. The summed E-state index contributed by atoms with van der Waals surface area (Å²) in [5.41, 5.74) is 1.38. The zero-order chi connectivity index (χ0) is 19.2. The lowest BCUT2D eigenvalue weighted by atomic mass is 10.0. The summed E-state index contributed by atoms with van der Waals surface area (Å²) in [5, 5.41) is 9.17. The third-order valence-electron chi connectivity index (χ3n) is 5.01. The van der Waals surface area contributed by atoms with Crippen molar-refractivity contribution in [1.29, 1.82) is 0 Å². The zero-order valence-corrected chi connectivity index (χ0v) is 15.7. The van der Waals surface area contributed by atoms with Crippen molar-refractivity contribution in [3.8, 4) is 0 Å². The van der Waals surface area contributed by atoms with E-state index in [4.69, 9.17) is 14.0 Å². The first-order valence-electron chi connectivity index (χ1n) is 9.65. The highest BCUT2D eigenvalue weighted by molar-refractivity contribution is 5.92. The molecule has 2 heterocycles. The van der Waals surface area contributed by atoms with E-state index in [1.807, 2.05) is 12.1 Å². The van der Waals surface area contributed by atoms with Gasteiger partial charge in [-0.3, -0.25) is 4.79 Å². The Balaban J connectivity index is 1.25. The Hall–Kier alpha value is -2.70. The van der Waals surface area contributed by atoms with Crippen LogP contribution in [0.15, 0.2) is 53.1 Å². The molecule has 1 aliphatic rings. The van der Waals surface area contributed by atoms with Crippen LogP contribution in [0.3, 0.4) is 0 Å². The molecule has 0 unspecified atom stereocenters. The Bertz CT molecular complexity index is 931. The van der Waals surface area contributed by atoms with Gasteiger partial charge < -0.3 is 19.3 Å². The van der Waals surface area contributed by atoms with Crippen LogP contribution in [0.25, 0.3) is 10.8 Å². The van der Waals surface area contributed by atoms with Crippen molar-refractivity contribution < 1.29 is 18.8 Å². The zero-order valence-electron chi connectivity index (χ0n) is 15.7. The first kappa shape index (κ1) is 18.7. The van der Waals surface area contributed by atoms with E-state index in [9.17, 15) is 4.79 Å². The van der Waals surface area contributed by atoms with Crippen LogP contribution in [0.1, 0.15) is 34.7 Å². The van der Waals surface area contributed by atoms with E-state index < -0.39 is 0 Å². The number of benzene rings is 2. The normalized spacial score (nSPS) is 15.0. The molecule has 1 saturated heterocycles. The molecule has 146 valence electrons. The number of aromatic nitrogens is 1. The molecule has 6 heteroatoms. The van der Waals surface area contributed by atoms with E-state index in [1.54, 1.807) is 6.07 Å². The number of ether oxygens (including phenoxy) is 2. The summed E-state index contributed by atoms with van der Waals surface area (Å²) < 4.78 is 16.3. The molecule has 3 aromatic rings. The minimum Gasteiger partial charge on any atom is -0.381 e. The van der Waals surface area contributed by atoms with E-state index in [1.165, 1.54) is 10.8 Å². The predicted molar refractivity (Wildman–Crippen MR) is 105 cm³/mol. The largest absolute Gasteiger partial charge is 0.381 e. The molecule has 0 saturated carbocycles. The Labute approximate surface area is 163 Å². The summed E-state index contributed by atoms with van der Waals surface area (Å²) in [6.45, 7) is 2.92. The second kappa shape index (κ2) is 8.99. The average molecular weight is 380 g/mol. The highest BCUT2D eigenvalue weighted by Gasteiger charge is 2.17. The van der Waals surface area contributed by atoms with Crippen molar-refractivity contribution in [2.24, 2.45) is 5.92 Å². The highest BCUT2D eigenvalue weighted by Crippen LogP contribution is 2.17. The predicted octanol–water partition coefficient (Wildman–Crippen LogP) is 3.70. The quantitative estimate of drug-likeness (QED) is 0.677. The molecule has 4 rings (SSSR count). The Morgan fingerprint density at radius 1 is 1.07 bits per heavy atom. The van der Waals surface area contributed by atoms with Crippen LogP contribution >= 0.6 is 0 Å². The number of carbonyl (C=O) groups excluding carboxylic acids is 1. The smallest absolute Gasteiger partial charge is 0.273 e. The number of nitrogens with zero attached hydrogens (tertiary/aromatic N) is 1. The topological polar surface area (TPSA) is 73.6 Å². The molecule has 0 spiro atoms. The minimum absolute atomic E-state index is 0.212. The Kier molecular flexibility index (Phi) is 5.99. The second-order valence-corrected chi connectivity index (χ2v) is 7.12. The fraction of sp³-hybridized carbons (Fsp3) is 0.364. The molecule has 6 nitrogen and oxygen atoms in total. The molecule has 2 aromatic carbocycles. The molecular weight excluding hydrogens is 356 g/mol. The van der Waals surface area contributed by atoms with Gasteiger partial charge in [-0.05, 0) is 41.2 Å². The van der Waals surface area contributed by atoms with Gasteiger partial charge in [0.1, 0.15) is 6.61 Å². The van der Waals surface area contributed by atoms with Crippen LogP contribution in [-0.4, -0.2) is 30.8 Å². The molecule has 0 aliphatic carbocycles. The van der Waals surface area contributed by atoms with Crippen molar-refractivity contribution in [2.45, 2.75) is 26.1 Å². The number of hydrogen-bond acceptors (Lipinski definition) is 5. The van der Waals surface area contributed by atoms with Crippen molar-refractivity contribution in [2.75, 3.05) is 19.8 Å². The van der Waals surface area contributed by atoms with E-state index in [-0.39, 0.29) is 18.2 Å². The van der Waals surface area contributed by atoms with Gasteiger partial charge in [-0.2, -0.15) is 0 Å². The number of hydrogen-bond donors (Lipinski definition) is 1. The maximum Gasteiger partial charge on any atom is 0.273 e. The summed E-state index contributed by atoms with van der Waals surface area (Å²) in [6, 6.07) is 16.1. The molecule has 1 amide bonds. The summed E-state index contributed by atoms with van der Waals surface area (Å²) in [4.78, 5) is 12.2. The molecule has 1 aliphatic heterocycles. The third kappa shape index (κ3) is 4.77. The number of carbonyl (C=O) groups is 1. The lowest BCUT2D eigenvalue weighted by Crippen LogP contribution is -2.32. The van der Waals surface area contributed by atoms with Crippen molar-refractivity contribution in [1.82, 2.24) is 10.5 Å². The van der Waals surface area contributed by atoms with E-state index in [2.05, 4.69) is 40.8 Å². The van der Waals surface area contributed by atoms with E-state index in [0.29, 0.717) is 24.8 Å². The van der Waals surface area contributed by atoms with Crippen molar-refractivity contribution in [3.05, 3.63) is 65.5 Å². The lowest BCUT2D eigenvalue weighted by molar-refractivity contribution is 0.0641. The molecular formula is C22H24N2O4. The van der Waals surface area contributed by atoms with Gasteiger partial charge in [0.15, 0.2) is 11.5 Å². The minimum atomic E-state index is -0.212. The molecule has 28 heavy (non-hydrogen) atoms. The Morgan fingerprint density at radius 3 is 2.75 bits per heavy atom. The molecule has 0 bridgehead atoms. The van der Waals surface area contributed by atoms with E-state index >= 15 is 0 Å². The maximum atomic E-state index is 12.2. The average Bonchev–Trinajstić information content (AvgIpc) is 3.22. The summed E-state index contributed by atoms with van der Waals surface area (Å²) >= 11 is 0. The molecule has 1 fully saturated rings. The third-order valence-corrected chi connectivity index (χ3v) is 5.01.